The van der Waals surface area contributed by atoms with Crippen molar-refractivity contribution >= 4 is 23.6 Å². The first kappa shape index (κ1) is 17.9. The molecule has 2 fully saturated rings. The van der Waals surface area contributed by atoms with Crippen LogP contribution < -0.4 is 9.80 Å². The molecular formula is C21H22N4O4. The summed E-state index contributed by atoms with van der Waals surface area (Å²) in [6.45, 7) is 4.89. The van der Waals surface area contributed by atoms with Crippen molar-refractivity contribution in [3.8, 4) is 0 Å². The number of ether oxygens (including phenoxy) is 2. The van der Waals surface area contributed by atoms with Crippen LogP contribution in [0.15, 0.2) is 42.7 Å². The number of rotatable bonds is 1. The van der Waals surface area contributed by atoms with E-state index in [1.54, 1.807) is 32.3 Å². The molecule has 1 atom stereocenters. The number of aromatic nitrogens is 2. The lowest BCUT2D eigenvalue weighted by atomic mass is 9.69. The highest BCUT2D eigenvalue weighted by atomic mass is 16.7. The minimum Gasteiger partial charge on any atom is -0.422 e. The Hall–Kier alpha value is -3.16. The number of carbonyl (C=O) groups is 2. The van der Waals surface area contributed by atoms with Gasteiger partial charge in [0, 0.05) is 58.0 Å². The van der Waals surface area contributed by atoms with Crippen LogP contribution in [-0.4, -0.2) is 53.4 Å². The van der Waals surface area contributed by atoms with Gasteiger partial charge < -0.3 is 19.3 Å². The van der Waals surface area contributed by atoms with Gasteiger partial charge in [0.25, 0.3) is 5.79 Å². The largest absolute Gasteiger partial charge is 0.422 e. The molecule has 0 radical (unpaired) electrons. The molecule has 3 aliphatic rings. The summed E-state index contributed by atoms with van der Waals surface area (Å²) >= 11 is 0. The van der Waals surface area contributed by atoms with Crippen LogP contribution in [-0.2, 0) is 25.5 Å². The van der Waals surface area contributed by atoms with Gasteiger partial charge in [-0.3, -0.25) is 9.59 Å². The summed E-state index contributed by atoms with van der Waals surface area (Å²) in [4.78, 5) is 39.4. The Morgan fingerprint density at radius 3 is 2.41 bits per heavy atom. The molecule has 2 saturated heterocycles. The van der Waals surface area contributed by atoms with E-state index in [2.05, 4.69) is 14.9 Å². The Balaban J connectivity index is 1.61. The molecule has 0 saturated carbocycles. The summed E-state index contributed by atoms with van der Waals surface area (Å²) in [6.07, 6.45) is 3.63. The predicted octanol–water partition coefficient (Wildman–Crippen LogP) is 1.55. The summed E-state index contributed by atoms with van der Waals surface area (Å²) in [5, 5.41) is 0. The molecule has 3 aliphatic heterocycles. The molecule has 2 aromatic rings. The highest BCUT2D eigenvalue weighted by Gasteiger charge is 2.64. The highest BCUT2D eigenvalue weighted by Crippen LogP contribution is 2.47. The van der Waals surface area contributed by atoms with E-state index in [1.807, 2.05) is 29.2 Å². The van der Waals surface area contributed by atoms with Crippen LogP contribution >= 0.6 is 0 Å². The fraction of sp³-hybridized carbons (Fsp3) is 0.429. The lowest BCUT2D eigenvalue weighted by molar-refractivity contribution is -0.253. The number of hydrogen-bond acceptors (Lipinski definition) is 8. The zero-order chi connectivity index (χ0) is 20.2. The molecule has 1 unspecified atom stereocenters. The summed E-state index contributed by atoms with van der Waals surface area (Å²) < 4.78 is 11.2. The number of nitrogens with zero attached hydrogens (tertiary/aromatic N) is 4. The average Bonchev–Trinajstić information content (AvgIpc) is 2.71. The van der Waals surface area contributed by atoms with Gasteiger partial charge in [-0.25, -0.2) is 9.97 Å². The highest BCUT2D eigenvalue weighted by molar-refractivity contribution is 6.04. The third kappa shape index (κ3) is 2.66. The first-order valence-corrected chi connectivity index (χ1v) is 9.74. The average molecular weight is 394 g/mol. The second-order valence-corrected chi connectivity index (χ2v) is 8.16. The van der Waals surface area contributed by atoms with Gasteiger partial charge in [-0.15, -0.1) is 0 Å². The van der Waals surface area contributed by atoms with Crippen molar-refractivity contribution in [3.05, 3.63) is 48.3 Å². The van der Waals surface area contributed by atoms with Gasteiger partial charge in [0.1, 0.15) is 0 Å². The molecule has 1 aromatic carbocycles. The maximum Gasteiger partial charge on any atom is 0.329 e. The van der Waals surface area contributed by atoms with Gasteiger partial charge in [-0.2, -0.15) is 0 Å². The molecule has 5 rings (SSSR count). The SMILES string of the molecule is CC1(C)OC(=O)C2(Cc3ccccc3N3CCN(c4ncccn4)CC32)C(=O)O1. The summed E-state index contributed by atoms with van der Waals surface area (Å²) in [5.41, 5.74) is 0.570. The summed E-state index contributed by atoms with van der Waals surface area (Å²) in [7, 11) is 0. The Morgan fingerprint density at radius 2 is 1.69 bits per heavy atom. The molecule has 150 valence electrons. The number of fused-ring (bicyclic) bond motifs is 4. The predicted molar refractivity (Wildman–Crippen MR) is 104 cm³/mol. The number of benzene rings is 1. The number of carbonyl (C=O) groups excluding carboxylic acids is 2. The van der Waals surface area contributed by atoms with E-state index in [4.69, 9.17) is 9.47 Å². The van der Waals surface area contributed by atoms with Crippen molar-refractivity contribution in [2.45, 2.75) is 32.1 Å². The van der Waals surface area contributed by atoms with Crippen LogP contribution in [0.2, 0.25) is 0 Å². The number of hydrogen-bond donors (Lipinski definition) is 0. The Morgan fingerprint density at radius 1 is 1.00 bits per heavy atom. The van der Waals surface area contributed by atoms with E-state index in [-0.39, 0.29) is 6.42 Å². The third-order valence-electron chi connectivity index (χ3n) is 5.96. The molecule has 29 heavy (non-hydrogen) atoms. The zero-order valence-corrected chi connectivity index (χ0v) is 16.4. The standard InChI is InChI=1S/C21H22N4O4/c1-20(2)28-17(26)21(18(27)29-20)12-14-6-3-4-7-15(14)25-11-10-24(13-16(21)25)19-22-8-5-9-23-19/h3-9,16H,10-13H2,1-2H3. The third-order valence-corrected chi connectivity index (χ3v) is 5.96. The first-order valence-electron chi connectivity index (χ1n) is 9.74. The van der Waals surface area contributed by atoms with Crippen LogP contribution in [0, 0.1) is 5.41 Å². The van der Waals surface area contributed by atoms with Gasteiger partial charge >= 0.3 is 11.9 Å². The molecule has 4 heterocycles. The minimum absolute atomic E-state index is 0.252. The molecule has 0 N–H and O–H groups in total. The first-order chi connectivity index (χ1) is 13.9. The van der Waals surface area contributed by atoms with E-state index >= 15 is 0 Å². The molecule has 1 aromatic heterocycles. The van der Waals surface area contributed by atoms with Crippen LogP contribution in [0.5, 0.6) is 0 Å². The van der Waals surface area contributed by atoms with Crippen LogP contribution in [0.3, 0.4) is 0 Å². The lowest BCUT2D eigenvalue weighted by Crippen LogP contribution is -2.71. The zero-order valence-electron chi connectivity index (χ0n) is 16.4. The number of cyclic esters (lactones) is 2. The quantitative estimate of drug-likeness (QED) is 0.532. The summed E-state index contributed by atoms with van der Waals surface area (Å²) in [5.74, 6) is -1.74. The van der Waals surface area contributed by atoms with Gasteiger partial charge in [-0.1, -0.05) is 18.2 Å². The number of piperazine rings is 1. The van der Waals surface area contributed by atoms with Crippen molar-refractivity contribution < 1.29 is 19.1 Å². The number of esters is 2. The van der Waals surface area contributed by atoms with Crippen LogP contribution in [0.25, 0.3) is 0 Å². The van der Waals surface area contributed by atoms with E-state index in [9.17, 15) is 9.59 Å². The van der Waals surface area contributed by atoms with Gasteiger partial charge in [0.05, 0.1) is 6.04 Å². The Bertz CT molecular complexity index is 958. The van der Waals surface area contributed by atoms with E-state index in [0.29, 0.717) is 25.6 Å². The second kappa shape index (κ2) is 6.17. The smallest absolute Gasteiger partial charge is 0.329 e. The van der Waals surface area contributed by atoms with Crippen molar-refractivity contribution in [1.82, 2.24) is 9.97 Å². The van der Waals surface area contributed by atoms with Crippen molar-refractivity contribution in [1.29, 1.82) is 0 Å². The molecule has 1 spiro atoms. The Kier molecular flexibility index (Phi) is 3.81. The molecule has 8 nitrogen and oxygen atoms in total. The van der Waals surface area contributed by atoms with Crippen LogP contribution in [0.4, 0.5) is 11.6 Å². The van der Waals surface area contributed by atoms with E-state index < -0.39 is 29.2 Å². The second-order valence-electron chi connectivity index (χ2n) is 8.16. The van der Waals surface area contributed by atoms with E-state index in [0.717, 1.165) is 11.3 Å². The fourth-order valence-electron chi connectivity index (χ4n) is 4.64. The van der Waals surface area contributed by atoms with Gasteiger partial charge in [0.15, 0.2) is 5.41 Å². The topological polar surface area (TPSA) is 84.9 Å². The normalized spacial score (nSPS) is 24.4. The molecule has 0 bridgehead atoms. The van der Waals surface area contributed by atoms with Gasteiger partial charge in [0.2, 0.25) is 5.95 Å². The molecule has 8 heteroatoms. The van der Waals surface area contributed by atoms with Crippen LogP contribution in [0.1, 0.15) is 19.4 Å². The summed E-state index contributed by atoms with van der Waals surface area (Å²) in [6, 6.07) is 9.21. The maximum atomic E-state index is 13.3. The molecule has 0 aliphatic carbocycles. The van der Waals surface area contributed by atoms with Gasteiger partial charge in [-0.05, 0) is 17.7 Å². The number of para-hydroxylation sites is 1. The monoisotopic (exact) mass is 394 g/mol. The fourth-order valence-corrected chi connectivity index (χ4v) is 4.64. The van der Waals surface area contributed by atoms with E-state index in [1.165, 1.54) is 0 Å². The van der Waals surface area contributed by atoms with Crippen molar-refractivity contribution in [2.75, 3.05) is 29.4 Å². The number of anilines is 2. The Labute approximate surface area is 168 Å². The maximum absolute atomic E-state index is 13.3. The minimum atomic E-state index is -1.42. The molecular weight excluding hydrogens is 372 g/mol. The van der Waals surface area contributed by atoms with Crippen molar-refractivity contribution in [3.63, 3.8) is 0 Å². The molecule has 0 amide bonds. The lowest BCUT2D eigenvalue weighted by Gasteiger charge is -2.54. The van der Waals surface area contributed by atoms with Crippen molar-refractivity contribution in [2.24, 2.45) is 5.41 Å².